The van der Waals surface area contributed by atoms with E-state index in [1.807, 2.05) is 6.92 Å². The van der Waals surface area contributed by atoms with Crippen LogP contribution in [0.15, 0.2) is 12.3 Å². The maximum atomic E-state index is 12.4. The number of rotatable bonds is 5. The van der Waals surface area contributed by atoms with E-state index >= 15 is 0 Å². The number of piperidine rings is 1. The van der Waals surface area contributed by atoms with Crippen LogP contribution in [0.25, 0.3) is 0 Å². The number of hydrogen-bond acceptors (Lipinski definition) is 4. The third kappa shape index (κ3) is 3.81. The maximum absolute atomic E-state index is 12.4. The molecule has 2 rings (SSSR count). The highest BCUT2D eigenvalue weighted by Crippen LogP contribution is 2.18. The van der Waals surface area contributed by atoms with Crippen molar-refractivity contribution in [3.8, 4) is 0 Å². The van der Waals surface area contributed by atoms with Gasteiger partial charge in [-0.1, -0.05) is 6.92 Å². The normalized spacial score (nSPS) is 22.0. The predicted molar refractivity (Wildman–Crippen MR) is 79.3 cm³/mol. The molecule has 1 amide bonds. The van der Waals surface area contributed by atoms with Gasteiger partial charge in [0.1, 0.15) is 5.69 Å². The molecule has 2 unspecified atom stereocenters. The van der Waals surface area contributed by atoms with Gasteiger partial charge in [0.15, 0.2) is 0 Å². The number of aryl methyl sites for hydroxylation is 1. The lowest BCUT2D eigenvalue weighted by Crippen LogP contribution is -2.46. The molecule has 2 atom stereocenters. The zero-order valence-electron chi connectivity index (χ0n) is 12.5. The van der Waals surface area contributed by atoms with E-state index in [9.17, 15) is 14.9 Å². The summed E-state index contributed by atoms with van der Waals surface area (Å²) in [5.74, 6) is -0.226. The Hall–Kier alpha value is -1.89. The van der Waals surface area contributed by atoms with Gasteiger partial charge in [0, 0.05) is 24.7 Å². The molecule has 1 saturated heterocycles. The lowest BCUT2D eigenvalue weighted by Gasteiger charge is -2.28. The summed E-state index contributed by atoms with van der Waals surface area (Å²) in [6.45, 7) is 5.53. The lowest BCUT2D eigenvalue weighted by atomic mass is 10.0. The Balaban J connectivity index is 2.11. The molecule has 1 aromatic rings. The molecular formula is C14H22N4O3. The van der Waals surface area contributed by atoms with E-state index in [1.165, 1.54) is 12.3 Å². The van der Waals surface area contributed by atoms with Crippen molar-refractivity contribution >= 4 is 11.6 Å². The van der Waals surface area contributed by atoms with Crippen molar-refractivity contribution in [1.29, 1.82) is 0 Å². The molecule has 21 heavy (non-hydrogen) atoms. The van der Waals surface area contributed by atoms with Crippen LogP contribution < -0.4 is 10.6 Å². The fourth-order valence-corrected chi connectivity index (χ4v) is 2.73. The van der Waals surface area contributed by atoms with Crippen LogP contribution in [0.2, 0.25) is 0 Å². The first-order chi connectivity index (χ1) is 10.0. The fraction of sp³-hybridized carbons (Fsp3) is 0.643. The van der Waals surface area contributed by atoms with Gasteiger partial charge in [-0.25, -0.2) is 0 Å². The standard InChI is InChI=1S/C14H22N4O3/c1-3-6-17-9-12(18(20)21)8-13(17)14(19)16-11-4-5-15-10(2)7-11/h8-11,15H,3-7H2,1-2H3,(H,16,19). The van der Waals surface area contributed by atoms with Crippen molar-refractivity contribution in [3.05, 3.63) is 28.1 Å². The highest BCUT2D eigenvalue weighted by Gasteiger charge is 2.24. The molecule has 2 N–H and O–H groups in total. The number of carbonyl (C=O) groups is 1. The number of amides is 1. The summed E-state index contributed by atoms with van der Waals surface area (Å²) in [5.41, 5.74) is 0.335. The van der Waals surface area contributed by atoms with E-state index in [-0.39, 0.29) is 17.6 Å². The van der Waals surface area contributed by atoms with Crippen molar-refractivity contribution in [3.63, 3.8) is 0 Å². The van der Waals surface area contributed by atoms with Gasteiger partial charge >= 0.3 is 0 Å². The first kappa shape index (κ1) is 15.5. The number of nitrogens with one attached hydrogen (secondary N) is 2. The summed E-state index contributed by atoms with van der Waals surface area (Å²) in [7, 11) is 0. The second kappa shape index (κ2) is 6.71. The van der Waals surface area contributed by atoms with Gasteiger partial charge in [0.05, 0.1) is 11.1 Å². The average Bonchev–Trinajstić information content (AvgIpc) is 2.83. The van der Waals surface area contributed by atoms with Gasteiger partial charge < -0.3 is 15.2 Å². The molecule has 1 aliphatic rings. The van der Waals surface area contributed by atoms with Crippen molar-refractivity contribution in [2.75, 3.05) is 6.54 Å². The summed E-state index contributed by atoms with van der Waals surface area (Å²) >= 11 is 0. The summed E-state index contributed by atoms with van der Waals surface area (Å²) in [6, 6.07) is 1.86. The SMILES string of the molecule is CCCn1cc([N+](=O)[O-])cc1C(=O)NC1CCNC(C)C1. The predicted octanol–water partition coefficient (Wildman–Crippen LogP) is 1.68. The molecule has 1 aromatic heterocycles. The molecule has 0 radical (unpaired) electrons. The van der Waals surface area contributed by atoms with E-state index in [1.54, 1.807) is 4.57 Å². The molecule has 2 heterocycles. The molecule has 7 heteroatoms. The molecule has 116 valence electrons. The molecule has 7 nitrogen and oxygen atoms in total. The summed E-state index contributed by atoms with van der Waals surface area (Å²) in [4.78, 5) is 22.8. The molecular weight excluding hydrogens is 272 g/mol. The van der Waals surface area contributed by atoms with E-state index in [2.05, 4.69) is 17.6 Å². The van der Waals surface area contributed by atoms with Crippen molar-refractivity contribution < 1.29 is 9.72 Å². The number of hydrogen-bond donors (Lipinski definition) is 2. The monoisotopic (exact) mass is 294 g/mol. The molecule has 0 aromatic carbocycles. The van der Waals surface area contributed by atoms with Crippen LogP contribution in [0.3, 0.4) is 0 Å². The van der Waals surface area contributed by atoms with Crippen LogP contribution in [-0.4, -0.2) is 34.0 Å². The second-order valence-electron chi connectivity index (χ2n) is 5.58. The Kier molecular flexibility index (Phi) is 4.95. The first-order valence-corrected chi connectivity index (χ1v) is 7.40. The van der Waals surface area contributed by atoms with Crippen LogP contribution in [0.1, 0.15) is 43.6 Å². The van der Waals surface area contributed by atoms with E-state index in [0.717, 1.165) is 25.8 Å². The maximum Gasteiger partial charge on any atom is 0.287 e. The number of aromatic nitrogens is 1. The average molecular weight is 294 g/mol. The summed E-state index contributed by atoms with van der Waals surface area (Å²) in [6.07, 6.45) is 4.01. The van der Waals surface area contributed by atoms with Gasteiger partial charge in [0.25, 0.3) is 11.6 Å². The van der Waals surface area contributed by atoms with Crippen LogP contribution in [0.4, 0.5) is 5.69 Å². The van der Waals surface area contributed by atoms with Crippen molar-refractivity contribution in [2.24, 2.45) is 0 Å². The summed E-state index contributed by atoms with van der Waals surface area (Å²) < 4.78 is 1.66. The van der Waals surface area contributed by atoms with Gasteiger partial charge in [-0.15, -0.1) is 0 Å². The van der Waals surface area contributed by atoms with Crippen LogP contribution in [-0.2, 0) is 6.54 Å². The summed E-state index contributed by atoms with van der Waals surface area (Å²) in [5, 5.41) is 17.2. The zero-order chi connectivity index (χ0) is 15.4. The van der Waals surface area contributed by atoms with E-state index in [4.69, 9.17) is 0 Å². The molecule has 0 spiro atoms. The third-order valence-corrected chi connectivity index (χ3v) is 3.75. The minimum Gasteiger partial charge on any atom is -0.348 e. The topological polar surface area (TPSA) is 89.2 Å². The van der Waals surface area contributed by atoms with Gasteiger partial charge in [0.2, 0.25) is 0 Å². The Morgan fingerprint density at radius 1 is 1.62 bits per heavy atom. The Morgan fingerprint density at radius 3 is 3.00 bits per heavy atom. The quantitative estimate of drug-likeness (QED) is 0.638. The number of nitro groups is 1. The molecule has 1 aliphatic heterocycles. The Morgan fingerprint density at radius 2 is 2.38 bits per heavy atom. The number of carbonyl (C=O) groups excluding carboxylic acids is 1. The van der Waals surface area contributed by atoms with E-state index in [0.29, 0.717) is 18.3 Å². The molecule has 1 fully saturated rings. The third-order valence-electron chi connectivity index (χ3n) is 3.75. The fourth-order valence-electron chi connectivity index (χ4n) is 2.73. The van der Waals surface area contributed by atoms with Crippen molar-refractivity contribution in [1.82, 2.24) is 15.2 Å². The lowest BCUT2D eigenvalue weighted by molar-refractivity contribution is -0.384. The van der Waals surface area contributed by atoms with Gasteiger partial charge in [-0.05, 0) is 32.7 Å². The van der Waals surface area contributed by atoms with Crippen LogP contribution >= 0.6 is 0 Å². The molecule has 0 bridgehead atoms. The molecule has 0 saturated carbocycles. The van der Waals surface area contributed by atoms with Crippen molar-refractivity contribution in [2.45, 2.75) is 51.7 Å². The minimum atomic E-state index is -0.463. The van der Waals surface area contributed by atoms with Crippen LogP contribution in [0.5, 0.6) is 0 Å². The largest absolute Gasteiger partial charge is 0.348 e. The van der Waals surface area contributed by atoms with E-state index < -0.39 is 4.92 Å². The highest BCUT2D eigenvalue weighted by molar-refractivity contribution is 5.93. The first-order valence-electron chi connectivity index (χ1n) is 7.40. The second-order valence-corrected chi connectivity index (χ2v) is 5.58. The Bertz CT molecular complexity index is 526. The molecule has 0 aliphatic carbocycles. The number of nitrogens with zero attached hydrogens (tertiary/aromatic N) is 2. The van der Waals surface area contributed by atoms with Crippen LogP contribution in [0, 0.1) is 10.1 Å². The Labute approximate surface area is 123 Å². The van der Waals surface area contributed by atoms with Gasteiger partial charge in [-0.3, -0.25) is 14.9 Å². The zero-order valence-corrected chi connectivity index (χ0v) is 12.5. The smallest absolute Gasteiger partial charge is 0.287 e. The highest BCUT2D eigenvalue weighted by atomic mass is 16.6. The van der Waals surface area contributed by atoms with Gasteiger partial charge in [-0.2, -0.15) is 0 Å². The minimum absolute atomic E-state index is 0.0349.